The largest absolute Gasteiger partial charge is 0.494 e. The fourth-order valence-electron chi connectivity index (χ4n) is 3.35. The van der Waals surface area contributed by atoms with Crippen LogP contribution < -0.4 is 30.2 Å². The molecule has 0 spiro atoms. The molecular weight excluding hydrogens is 372 g/mol. The fourth-order valence-corrected chi connectivity index (χ4v) is 3.35. The second kappa shape index (κ2) is 7.44. The van der Waals surface area contributed by atoms with Crippen LogP contribution in [0.2, 0.25) is 0 Å². The Morgan fingerprint density at radius 2 is 1.72 bits per heavy atom. The zero-order chi connectivity index (χ0) is 20.4. The van der Waals surface area contributed by atoms with Crippen LogP contribution in [-0.2, 0) is 5.79 Å². The number of hydrogen-bond donors (Lipinski definition) is 2. The first-order valence-electron chi connectivity index (χ1n) is 9.12. The molecule has 9 heteroatoms. The number of hydrogen-bond acceptors (Lipinski definition) is 9. The summed E-state index contributed by atoms with van der Waals surface area (Å²) < 4.78 is 16.8. The minimum absolute atomic E-state index is 0.473. The summed E-state index contributed by atoms with van der Waals surface area (Å²) in [5, 5.41) is 3.25. The third kappa shape index (κ3) is 3.05. The highest BCUT2D eigenvalue weighted by Gasteiger charge is 2.48. The number of nitrogens with one attached hydrogen (secondary N) is 1. The number of para-hydroxylation sites is 1. The molecule has 0 aliphatic carbocycles. The lowest BCUT2D eigenvalue weighted by Crippen LogP contribution is -2.54. The summed E-state index contributed by atoms with van der Waals surface area (Å²) in [5.41, 5.74) is 8.06. The Morgan fingerprint density at radius 3 is 2.41 bits per heavy atom. The van der Waals surface area contributed by atoms with E-state index in [0.717, 1.165) is 0 Å². The summed E-state index contributed by atoms with van der Waals surface area (Å²) in [7, 11) is 3.18. The number of benzene rings is 1. The van der Waals surface area contributed by atoms with Gasteiger partial charge in [0.15, 0.2) is 11.6 Å². The molecule has 150 valence electrons. The molecule has 0 fully saturated rings. The summed E-state index contributed by atoms with van der Waals surface area (Å²) in [6.07, 6.45) is 3.20. The normalized spacial score (nSPS) is 17.4. The monoisotopic (exact) mass is 394 g/mol. The molecule has 3 aromatic rings. The summed E-state index contributed by atoms with van der Waals surface area (Å²) in [5.74, 6) is 1.35. The third-order valence-electron chi connectivity index (χ3n) is 4.58. The van der Waals surface area contributed by atoms with E-state index < -0.39 is 5.79 Å². The average molecular weight is 394 g/mol. The van der Waals surface area contributed by atoms with Crippen LogP contribution in [0.15, 0.2) is 48.8 Å². The van der Waals surface area contributed by atoms with Gasteiger partial charge in [0.25, 0.3) is 0 Å². The molecular formula is C20H22N6O3. The van der Waals surface area contributed by atoms with Crippen molar-refractivity contribution in [2.24, 2.45) is 5.73 Å². The molecule has 0 radical (unpaired) electrons. The molecule has 0 saturated heterocycles. The first kappa shape index (κ1) is 18.8. The van der Waals surface area contributed by atoms with Gasteiger partial charge in [0.05, 0.1) is 20.8 Å². The SMILES string of the molecule is CCOc1cccc(C2(N)Nc3nccnc3N2c2c(OC)cccc2OC)n1. The van der Waals surface area contributed by atoms with Crippen molar-refractivity contribution in [1.29, 1.82) is 0 Å². The van der Waals surface area contributed by atoms with Gasteiger partial charge < -0.3 is 19.5 Å². The van der Waals surface area contributed by atoms with Gasteiger partial charge in [-0.2, -0.15) is 0 Å². The number of anilines is 3. The van der Waals surface area contributed by atoms with E-state index in [1.165, 1.54) is 0 Å². The number of rotatable bonds is 6. The number of ether oxygens (including phenoxy) is 3. The summed E-state index contributed by atoms with van der Waals surface area (Å²) in [6, 6.07) is 10.9. The molecule has 2 aromatic heterocycles. The van der Waals surface area contributed by atoms with Crippen molar-refractivity contribution in [3.05, 3.63) is 54.5 Å². The zero-order valence-corrected chi connectivity index (χ0v) is 16.4. The summed E-state index contributed by atoms with van der Waals surface area (Å²) in [4.78, 5) is 15.3. The molecule has 0 saturated carbocycles. The third-order valence-corrected chi connectivity index (χ3v) is 4.58. The maximum absolute atomic E-state index is 6.92. The van der Waals surface area contributed by atoms with Crippen LogP contribution in [0.25, 0.3) is 0 Å². The number of methoxy groups -OCH3 is 2. The minimum atomic E-state index is -1.31. The smallest absolute Gasteiger partial charge is 0.216 e. The maximum Gasteiger partial charge on any atom is 0.216 e. The van der Waals surface area contributed by atoms with E-state index in [2.05, 4.69) is 20.3 Å². The topological polar surface area (TPSA) is 108 Å². The first-order valence-corrected chi connectivity index (χ1v) is 9.12. The molecule has 0 bridgehead atoms. The molecule has 1 aromatic carbocycles. The molecule has 1 aliphatic rings. The van der Waals surface area contributed by atoms with Crippen LogP contribution in [0, 0.1) is 0 Å². The predicted octanol–water partition coefficient (Wildman–Crippen LogP) is 2.62. The lowest BCUT2D eigenvalue weighted by Gasteiger charge is -2.36. The molecule has 9 nitrogen and oxygen atoms in total. The van der Waals surface area contributed by atoms with Crippen LogP contribution in [0.5, 0.6) is 17.4 Å². The van der Waals surface area contributed by atoms with Crippen molar-refractivity contribution < 1.29 is 14.2 Å². The Labute approximate surface area is 168 Å². The summed E-state index contributed by atoms with van der Waals surface area (Å²) in [6.45, 7) is 2.39. The van der Waals surface area contributed by atoms with Crippen molar-refractivity contribution in [3.8, 4) is 17.4 Å². The second-order valence-electron chi connectivity index (χ2n) is 6.26. The standard InChI is InChI=1S/C20H22N6O3/c1-4-29-16-10-6-9-15(24-16)20(21)25-18-19(23-12-11-22-18)26(20)17-13(27-2)7-5-8-14(17)28-3/h5-12H,4,21H2,1-3H3,(H,22,25). The van der Waals surface area contributed by atoms with Gasteiger partial charge in [0.1, 0.15) is 22.9 Å². The number of nitrogens with zero attached hydrogens (tertiary/aromatic N) is 4. The number of nitrogens with two attached hydrogens (primary N) is 1. The molecule has 3 N–H and O–H groups in total. The Morgan fingerprint density at radius 1 is 1.03 bits per heavy atom. The van der Waals surface area contributed by atoms with Gasteiger partial charge in [-0.1, -0.05) is 12.1 Å². The van der Waals surface area contributed by atoms with Crippen molar-refractivity contribution in [1.82, 2.24) is 15.0 Å². The Balaban J connectivity index is 1.95. The van der Waals surface area contributed by atoms with E-state index in [0.29, 0.717) is 47.0 Å². The van der Waals surface area contributed by atoms with Gasteiger partial charge >= 0.3 is 0 Å². The van der Waals surface area contributed by atoms with Crippen molar-refractivity contribution in [2.75, 3.05) is 31.0 Å². The van der Waals surface area contributed by atoms with Crippen molar-refractivity contribution in [2.45, 2.75) is 12.7 Å². The average Bonchev–Trinajstić information content (AvgIpc) is 3.06. The highest BCUT2D eigenvalue weighted by Crippen LogP contribution is 2.50. The van der Waals surface area contributed by atoms with E-state index >= 15 is 0 Å². The Bertz CT molecular complexity index is 1010. The molecule has 29 heavy (non-hydrogen) atoms. The number of aromatic nitrogens is 3. The highest BCUT2D eigenvalue weighted by atomic mass is 16.5. The lowest BCUT2D eigenvalue weighted by molar-refractivity contribution is 0.323. The van der Waals surface area contributed by atoms with Crippen LogP contribution in [0.3, 0.4) is 0 Å². The van der Waals surface area contributed by atoms with E-state index in [4.69, 9.17) is 19.9 Å². The summed E-state index contributed by atoms with van der Waals surface area (Å²) >= 11 is 0. The second-order valence-corrected chi connectivity index (χ2v) is 6.26. The van der Waals surface area contributed by atoms with Crippen LogP contribution in [-0.4, -0.2) is 35.8 Å². The Hall–Kier alpha value is -3.59. The molecule has 1 aliphatic heterocycles. The fraction of sp³-hybridized carbons (Fsp3) is 0.250. The van der Waals surface area contributed by atoms with Gasteiger partial charge in [-0.25, -0.2) is 15.0 Å². The van der Waals surface area contributed by atoms with Crippen LogP contribution >= 0.6 is 0 Å². The molecule has 1 atom stereocenters. The molecule has 4 rings (SSSR count). The van der Waals surface area contributed by atoms with E-state index in [1.807, 2.05) is 37.3 Å². The minimum Gasteiger partial charge on any atom is -0.494 e. The lowest BCUT2D eigenvalue weighted by atomic mass is 10.1. The first-order chi connectivity index (χ1) is 14.1. The maximum atomic E-state index is 6.92. The van der Waals surface area contributed by atoms with Gasteiger partial charge in [0, 0.05) is 18.5 Å². The number of pyridine rings is 1. The molecule has 0 amide bonds. The van der Waals surface area contributed by atoms with Gasteiger partial charge in [-0.05, 0) is 25.1 Å². The van der Waals surface area contributed by atoms with Crippen molar-refractivity contribution in [3.63, 3.8) is 0 Å². The van der Waals surface area contributed by atoms with Gasteiger partial charge in [-0.15, -0.1) is 0 Å². The van der Waals surface area contributed by atoms with E-state index in [9.17, 15) is 0 Å². The van der Waals surface area contributed by atoms with E-state index in [-0.39, 0.29) is 0 Å². The number of fused-ring (bicyclic) bond motifs is 1. The molecule has 1 unspecified atom stereocenters. The van der Waals surface area contributed by atoms with Gasteiger partial charge in [-0.3, -0.25) is 10.6 Å². The van der Waals surface area contributed by atoms with Crippen LogP contribution in [0.1, 0.15) is 12.6 Å². The van der Waals surface area contributed by atoms with Gasteiger partial charge in [0.2, 0.25) is 11.7 Å². The predicted molar refractivity (Wildman–Crippen MR) is 109 cm³/mol. The van der Waals surface area contributed by atoms with Crippen LogP contribution in [0.4, 0.5) is 17.3 Å². The quantitative estimate of drug-likeness (QED) is 0.652. The van der Waals surface area contributed by atoms with E-state index in [1.54, 1.807) is 37.6 Å². The molecule has 3 heterocycles. The highest BCUT2D eigenvalue weighted by molar-refractivity contribution is 5.84. The Kier molecular flexibility index (Phi) is 4.81. The zero-order valence-electron chi connectivity index (χ0n) is 16.4. The van der Waals surface area contributed by atoms with Crippen molar-refractivity contribution >= 4 is 17.3 Å².